The van der Waals surface area contributed by atoms with E-state index < -0.39 is 0 Å². The molecular weight excluding hydrogens is 352 g/mol. The number of hydrogen-bond donors (Lipinski definition) is 0. The Kier molecular flexibility index (Phi) is 13.1. The van der Waals surface area contributed by atoms with Crippen LogP contribution in [0.1, 0.15) is 95.1 Å². The van der Waals surface area contributed by atoms with E-state index in [0.29, 0.717) is 18.8 Å². The predicted octanol–water partition coefficient (Wildman–Crippen LogP) is 6.45. The van der Waals surface area contributed by atoms with Crippen LogP contribution in [-0.4, -0.2) is 18.5 Å². The van der Waals surface area contributed by atoms with E-state index in [0.717, 1.165) is 24.0 Å². The first-order chi connectivity index (χ1) is 13.5. The Morgan fingerprint density at radius 1 is 0.750 bits per heavy atom. The van der Waals surface area contributed by atoms with Gasteiger partial charge in [-0.25, -0.2) is 0 Å². The summed E-state index contributed by atoms with van der Waals surface area (Å²) in [6, 6.07) is 5.58. The lowest BCUT2D eigenvalue weighted by Crippen LogP contribution is -2.10. The van der Waals surface area contributed by atoms with Crippen molar-refractivity contribution < 1.29 is 19.1 Å². The zero-order valence-electron chi connectivity index (χ0n) is 18.1. The van der Waals surface area contributed by atoms with E-state index in [-0.39, 0.29) is 24.8 Å². The average molecular weight is 391 g/mol. The molecule has 0 saturated heterocycles. The molecule has 4 heteroatoms. The molecule has 0 fully saturated rings. The van der Waals surface area contributed by atoms with E-state index in [2.05, 4.69) is 6.92 Å². The third kappa shape index (κ3) is 11.8. The van der Waals surface area contributed by atoms with E-state index in [1.165, 1.54) is 44.9 Å². The van der Waals surface area contributed by atoms with Crippen LogP contribution in [0.5, 0.6) is 5.75 Å². The lowest BCUT2D eigenvalue weighted by Gasteiger charge is -2.07. The highest BCUT2D eigenvalue weighted by Crippen LogP contribution is 2.17. The average Bonchev–Trinajstić information content (AvgIpc) is 2.66. The molecule has 0 radical (unpaired) electrons. The standard InChI is InChI=1S/C24H38O4/c1-4-5-6-7-8-9-10-11-12-18-27-23(25)14-13-15-24(26)28-22-17-16-20(2)21(3)19-22/h16-17,19H,4-15,18H2,1-3H3. The van der Waals surface area contributed by atoms with Gasteiger partial charge in [0.25, 0.3) is 0 Å². The molecule has 28 heavy (non-hydrogen) atoms. The SMILES string of the molecule is CCCCCCCCCCCOC(=O)CCCC(=O)Oc1ccc(C)c(C)c1. The van der Waals surface area contributed by atoms with Crippen molar-refractivity contribution in [2.45, 2.75) is 97.8 Å². The fourth-order valence-electron chi connectivity index (χ4n) is 3.01. The van der Waals surface area contributed by atoms with E-state index >= 15 is 0 Å². The minimum atomic E-state index is -0.310. The molecule has 0 saturated carbocycles. The summed E-state index contributed by atoms with van der Waals surface area (Å²) in [4.78, 5) is 23.6. The van der Waals surface area contributed by atoms with Gasteiger partial charge >= 0.3 is 11.9 Å². The smallest absolute Gasteiger partial charge is 0.311 e. The van der Waals surface area contributed by atoms with Gasteiger partial charge in [0.05, 0.1) is 6.61 Å². The van der Waals surface area contributed by atoms with E-state index in [1.54, 1.807) is 6.07 Å². The largest absolute Gasteiger partial charge is 0.466 e. The monoisotopic (exact) mass is 390 g/mol. The van der Waals surface area contributed by atoms with Crippen LogP contribution in [0.3, 0.4) is 0 Å². The molecule has 4 nitrogen and oxygen atoms in total. The van der Waals surface area contributed by atoms with Gasteiger partial charge in [-0.3, -0.25) is 9.59 Å². The summed E-state index contributed by atoms with van der Waals surface area (Å²) in [6.45, 7) is 6.72. The van der Waals surface area contributed by atoms with Gasteiger partial charge in [-0.05, 0) is 49.9 Å². The zero-order valence-corrected chi connectivity index (χ0v) is 18.1. The molecule has 0 aromatic heterocycles. The van der Waals surface area contributed by atoms with Crippen LogP contribution in [0.4, 0.5) is 0 Å². The second-order valence-electron chi connectivity index (χ2n) is 7.62. The molecule has 0 spiro atoms. The van der Waals surface area contributed by atoms with Gasteiger partial charge in [-0.2, -0.15) is 0 Å². The van der Waals surface area contributed by atoms with Crippen molar-refractivity contribution in [2.24, 2.45) is 0 Å². The number of unbranched alkanes of at least 4 members (excludes halogenated alkanes) is 8. The number of hydrogen-bond acceptors (Lipinski definition) is 4. The van der Waals surface area contributed by atoms with E-state index in [9.17, 15) is 9.59 Å². The van der Waals surface area contributed by atoms with Crippen molar-refractivity contribution in [2.75, 3.05) is 6.61 Å². The van der Waals surface area contributed by atoms with E-state index in [1.807, 2.05) is 26.0 Å². The number of carbonyl (C=O) groups is 2. The second kappa shape index (κ2) is 15.1. The summed E-state index contributed by atoms with van der Waals surface area (Å²) in [7, 11) is 0. The quantitative estimate of drug-likeness (QED) is 0.196. The number of carbonyl (C=O) groups excluding carboxylic acids is 2. The minimum absolute atomic E-state index is 0.222. The zero-order chi connectivity index (χ0) is 20.6. The van der Waals surface area contributed by atoms with Crippen LogP contribution in [0.2, 0.25) is 0 Å². The molecule has 0 unspecified atom stereocenters. The number of ether oxygens (including phenoxy) is 2. The van der Waals surface area contributed by atoms with Crippen molar-refractivity contribution in [3.63, 3.8) is 0 Å². The molecule has 158 valence electrons. The highest BCUT2D eigenvalue weighted by atomic mass is 16.5. The predicted molar refractivity (Wildman–Crippen MR) is 114 cm³/mol. The van der Waals surface area contributed by atoms with Gasteiger partial charge in [-0.1, -0.05) is 64.4 Å². The highest BCUT2D eigenvalue weighted by Gasteiger charge is 2.09. The number of rotatable bonds is 15. The lowest BCUT2D eigenvalue weighted by atomic mass is 10.1. The van der Waals surface area contributed by atoms with Gasteiger partial charge in [0, 0.05) is 12.8 Å². The molecule has 0 heterocycles. The summed E-state index contributed by atoms with van der Waals surface area (Å²) in [5, 5.41) is 0. The second-order valence-corrected chi connectivity index (χ2v) is 7.62. The molecule has 1 aromatic rings. The van der Waals surface area contributed by atoms with Crippen LogP contribution >= 0.6 is 0 Å². The summed E-state index contributed by atoms with van der Waals surface area (Å²) >= 11 is 0. The third-order valence-electron chi connectivity index (χ3n) is 4.98. The first-order valence-corrected chi connectivity index (χ1v) is 11.0. The fourth-order valence-corrected chi connectivity index (χ4v) is 3.01. The molecule has 0 amide bonds. The Bertz CT molecular complexity index is 580. The molecule has 0 N–H and O–H groups in total. The molecule has 1 rings (SSSR count). The summed E-state index contributed by atoms with van der Waals surface area (Å²) in [6.07, 6.45) is 12.1. The Morgan fingerprint density at radius 2 is 1.36 bits per heavy atom. The van der Waals surface area contributed by atoms with Crippen molar-refractivity contribution in [3.05, 3.63) is 29.3 Å². The van der Waals surface area contributed by atoms with Crippen LogP contribution in [0, 0.1) is 13.8 Å². The molecule has 0 bridgehead atoms. The first-order valence-electron chi connectivity index (χ1n) is 11.0. The van der Waals surface area contributed by atoms with Gasteiger partial charge in [0.1, 0.15) is 5.75 Å². The van der Waals surface area contributed by atoms with Crippen LogP contribution in [0.25, 0.3) is 0 Å². The van der Waals surface area contributed by atoms with Gasteiger partial charge in [-0.15, -0.1) is 0 Å². The maximum Gasteiger partial charge on any atom is 0.311 e. The number of esters is 2. The molecule has 1 aromatic carbocycles. The first kappa shape index (κ1) is 24.2. The Labute approximate surface area is 171 Å². The normalized spacial score (nSPS) is 10.7. The third-order valence-corrected chi connectivity index (χ3v) is 4.98. The van der Waals surface area contributed by atoms with Crippen molar-refractivity contribution >= 4 is 11.9 Å². The van der Waals surface area contributed by atoms with Crippen molar-refractivity contribution in [1.29, 1.82) is 0 Å². The summed E-state index contributed by atoms with van der Waals surface area (Å²) in [5.41, 5.74) is 2.25. The fraction of sp³-hybridized carbons (Fsp3) is 0.667. The molecule has 0 aliphatic rings. The van der Waals surface area contributed by atoms with Gasteiger partial charge < -0.3 is 9.47 Å². The maximum atomic E-state index is 11.9. The van der Waals surface area contributed by atoms with E-state index in [4.69, 9.17) is 9.47 Å². The molecular formula is C24H38O4. The van der Waals surface area contributed by atoms with Crippen LogP contribution < -0.4 is 4.74 Å². The molecule has 0 aliphatic carbocycles. The highest BCUT2D eigenvalue weighted by molar-refractivity contribution is 5.74. The topological polar surface area (TPSA) is 52.6 Å². The van der Waals surface area contributed by atoms with Crippen LogP contribution in [-0.2, 0) is 14.3 Å². The van der Waals surface area contributed by atoms with Gasteiger partial charge in [0.15, 0.2) is 0 Å². The van der Waals surface area contributed by atoms with Crippen molar-refractivity contribution in [3.8, 4) is 5.75 Å². The Balaban J connectivity index is 1.98. The molecule has 0 atom stereocenters. The van der Waals surface area contributed by atoms with Crippen molar-refractivity contribution in [1.82, 2.24) is 0 Å². The maximum absolute atomic E-state index is 11.9. The van der Waals surface area contributed by atoms with Gasteiger partial charge in [0.2, 0.25) is 0 Å². The number of benzene rings is 1. The summed E-state index contributed by atoms with van der Waals surface area (Å²) < 4.78 is 10.5. The minimum Gasteiger partial charge on any atom is -0.466 e. The Morgan fingerprint density at radius 3 is 2.00 bits per heavy atom. The lowest BCUT2D eigenvalue weighted by molar-refractivity contribution is -0.144. The summed E-state index contributed by atoms with van der Waals surface area (Å²) in [5.74, 6) is 0.0228. The molecule has 0 aliphatic heterocycles. The Hall–Kier alpha value is -1.84. The van der Waals surface area contributed by atoms with Crippen LogP contribution in [0.15, 0.2) is 18.2 Å². The number of aryl methyl sites for hydroxylation is 2.